The number of carbonyl (C=O) groups excluding carboxylic acids is 2. The molecule has 0 bridgehead atoms. The Kier molecular flexibility index (Phi) is 11.2. The smallest absolute Gasteiger partial charge is 0.243 e. The summed E-state index contributed by atoms with van der Waals surface area (Å²) < 4.78 is 26.8. The highest BCUT2D eigenvalue weighted by atomic mass is 35.5. The van der Waals surface area contributed by atoms with Crippen molar-refractivity contribution in [2.45, 2.75) is 70.0 Å². The van der Waals surface area contributed by atoms with Crippen LogP contribution in [0.4, 0.5) is 0 Å². The number of hydrogen-bond donors (Lipinski definition) is 1. The van der Waals surface area contributed by atoms with Gasteiger partial charge >= 0.3 is 0 Å². The van der Waals surface area contributed by atoms with Gasteiger partial charge in [-0.25, -0.2) is 12.7 Å². The second-order valence-corrected chi connectivity index (χ2v) is 11.1. The molecule has 0 saturated heterocycles. The lowest BCUT2D eigenvalue weighted by Gasteiger charge is -2.32. The Morgan fingerprint density at radius 2 is 1.63 bits per heavy atom. The highest BCUT2D eigenvalue weighted by Crippen LogP contribution is 2.21. The number of amides is 2. The van der Waals surface area contributed by atoms with Crippen molar-refractivity contribution < 1.29 is 18.0 Å². The maximum atomic E-state index is 13.4. The average molecular weight is 522 g/mol. The van der Waals surface area contributed by atoms with Gasteiger partial charge < -0.3 is 10.2 Å². The zero-order valence-electron chi connectivity index (χ0n) is 20.9. The molecule has 2 aromatic carbocycles. The Hall–Kier alpha value is -2.42. The second-order valence-electron chi connectivity index (χ2n) is 8.60. The molecule has 2 atom stereocenters. The Morgan fingerprint density at radius 3 is 2.23 bits per heavy atom. The molecule has 1 N–H and O–H groups in total. The number of nitrogens with one attached hydrogen (secondary N) is 1. The Labute approximate surface area is 214 Å². The lowest BCUT2D eigenvalue weighted by Crippen LogP contribution is -2.50. The topological polar surface area (TPSA) is 86.8 Å². The molecule has 2 amide bonds. The van der Waals surface area contributed by atoms with Gasteiger partial charge in [0.25, 0.3) is 0 Å². The van der Waals surface area contributed by atoms with Gasteiger partial charge in [0.05, 0.1) is 4.90 Å². The number of sulfonamides is 1. The van der Waals surface area contributed by atoms with E-state index < -0.39 is 16.1 Å². The molecule has 0 spiro atoms. The van der Waals surface area contributed by atoms with E-state index in [4.69, 9.17) is 11.6 Å². The fraction of sp³-hybridized carbons (Fsp3) is 0.462. The second kappa shape index (κ2) is 13.6. The van der Waals surface area contributed by atoms with Gasteiger partial charge in [-0.05, 0) is 49.9 Å². The highest BCUT2D eigenvalue weighted by Gasteiger charge is 2.30. The Balaban J connectivity index is 2.15. The summed E-state index contributed by atoms with van der Waals surface area (Å²) in [6.45, 7) is 6.15. The van der Waals surface area contributed by atoms with Crippen LogP contribution >= 0.6 is 11.6 Å². The normalized spacial score (nSPS) is 13.3. The Morgan fingerprint density at radius 1 is 1.00 bits per heavy atom. The van der Waals surface area contributed by atoms with Crippen LogP contribution in [0.5, 0.6) is 0 Å². The molecule has 7 nitrogen and oxygen atoms in total. The molecule has 0 aliphatic heterocycles. The molecule has 0 radical (unpaired) electrons. The summed E-state index contributed by atoms with van der Waals surface area (Å²) in [7, 11) is -2.13. The highest BCUT2D eigenvalue weighted by molar-refractivity contribution is 7.89. The zero-order valence-corrected chi connectivity index (χ0v) is 22.5. The number of benzene rings is 2. The third-order valence-corrected chi connectivity index (χ3v) is 8.24. The number of rotatable bonds is 13. The predicted octanol–water partition coefficient (Wildman–Crippen LogP) is 4.46. The molecule has 0 aliphatic rings. The molecular formula is C26H36ClN3O4S. The van der Waals surface area contributed by atoms with Gasteiger partial charge in [0.1, 0.15) is 6.04 Å². The van der Waals surface area contributed by atoms with Crippen molar-refractivity contribution >= 4 is 33.4 Å². The number of carbonyl (C=O) groups is 2. The van der Waals surface area contributed by atoms with E-state index in [1.165, 1.54) is 11.4 Å². The fourth-order valence-corrected chi connectivity index (χ4v) is 5.09. The van der Waals surface area contributed by atoms with Crippen LogP contribution in [0.2, 0.25) is 5.02 Å². The zero-order chi connectivity index (χ0) is 26.0. The predicted molar refractivity (Wildman–Crippen MR) is 139 cm³/mol. The number of halogens is 1. The molecule has 0 saturated carbocycles. The minimum atomic E-state index is -3.64. The lowest BCUT2D eigenvalue weighted by molar-refractivity contribution is -0.141. The van der Waals surface area contributed by atoms with Crippen LogP contribution < -0.4 is 5.32 Å². The van der Waals surface area contributed by atoms with Crippen LogP contribution in [0.25, 0.3) is 0 Å². The molecule has 2 rings (SSSR count). The summed E-state index contributed by atoms with van der Waals surface area (Å²) in [5, 5.41) is 3.50. The molecular weight excluding hydrogens is 486 g/mol. The quantitative estimate of drug-likeness (QED) is 0.421. The summed E-state index contributed by atoms with van der Waals surface area (Å²) in [5.74, 6) is -0.424. The van der Waals surface area contributed by atoms with Crippen molar-refractivity contribution in [2.75, 3.05) is 13.6 Å². The Bertz CT molecular complexity index is 1080. The number of hydrogen-bond acceptors (Lipinski definition) is 4. The van der Waals surface area contributed by atoms with Gasteiger partial charge in [-0.2, -0.15) is 0 Å². The maximum Gasteiger partial charge on any atom is 0.243 e. The molecule has 0 fully saturated rings. The maximum absolute atomic E-state index is 13.4. The van der Waals surface area contributed by atoms with E-state index >= 15 is 0 Å². The molecule has 0 heterocycles. The van der Waals surface area contributed by atoms with Crippen molar-refractivity contribution in [3.63, 3.8) is 0 Å². The molecule has 2 aromatic rings. The van der Waals surface area contributed by atoms with E-state index in [-0.39, 0.29) is 42.3 Å². The van der Waals surface area contributed by atoms with Gasteiger partial charge in [-0.1, -0.05) is 61.8 Å². The van der Waals surface area contributed by atoms with Crippen LogP contribution in [0, 0.1) is 0 Å². The van der Waals surface area contributed by atoms with E-state index in [9.17, 15) is 18.0 Å². The van der Waals surface area contributed by atoms with Gasteiger partial charge in [0.2, 0.25) is 21.8 Å². The van der Waals surface area contributed by atoms with E-state index in [1.807, 2.05) is 39.0 Å². The average Bonchev–Trinajstić information content (AvgIpc) is 2.85. The van der Waals surface area contributed by atoms with Gasteiger partial charge in [-0.15, -0.1) is 0 Å². The van der Waals surface area contributed by atoms with E-state index in [1.54, 1.807) is 41.3 Å². The first kappa shape index (κ1) is 28.8. The fourth-order valence-electron chi connectivity index (χ4n) is 3.66. The van der Waals surface area contributed by atoms with Crippen LogP contribution in [0.3, 0.4) is 0 Å². The third-order valence-electron chi connectivity index (χ3n) is 6.00. The molecule has 0 unspecified atom stereocenters. The summed E-state index contributed by atoms with van der Waals surface area (Å²) in [6, 6.07) is 14.8. The third kappa shape index (κ3) is 8.05. The standard InChI is InChI=1S/C26H36ClN3O4S/c1-5-20(3)28-26(32)24(6-2)30(19-21-13-10-11-16-23(21)27)25(31)17-12-18-29(4)35(33,34)22-14-8-7-9-15-22/h7-11,13-16,20,24H,5-6,12,17-19H2,1-4H3,(H,28,32)/t20-,24+/m1/s1. The lowest BCUT2D eigenvalue weighted by atomic mass is 10.1. The van der Waals surface area contributed by atoms with Crippen LogP contribution in [-0.4, -0.2) is 55.1 Å². The first-order valence-corrected chi connectivity index (χ1v) is 13.8. The molecule has 0 aliphatic carbocycles. The number of nitrogens with zero attached hydrogens (tertiary/aromatic N) is 2. The van der Waals surface area contributed by atoms with Crippen LogP contribution in [-0.2, 0) is 26.2 Å². The first-order valence-electron chi connectivity index (χ1n) is 12.0. The largest absolute Gasteiger partial charge is 0.352 e. The van der Waals surface area contributed by atoms with Crippen LogP contribution in [0.15, 0.2) is 59.5 Å². The minimum absolute atomic E-state index is 0.00865. The van der Waals surface area contributed by atoms with Crippen molar-refractivity contribution in [3.8, 4) is 0 Å². The summed E-state index contributed by atoms with van der Waals surface area (Å²) in [4.78, 5) is 28.1. The molecule has 35 heavy (non-hydrogen) atoms. The van der Waals surface area contributed by atoms with Crippen molar-refractivity contribution in [3.05, 3.63) is 65.2 Å². The van der Waals surface area contributed by atoms with Crippen LogP contribution in [0.1, 0.15) is 52.0 Å². The minimum Gasteiger partial charge on any atom is -0.352 e. The first-order chi connectivity index (χ1) is 16.6. The van der Waals surface area contributed by atoms with E-state index in [0.29, 0.717) is 17.9 Å². The van der Waals surface area contributed by atoms with E-state index in [2.05, 4.69) is 5.32 Å². The van der Waals surface area contributed by atoms with Crippen molar-refractivity contribution in [2.24, 2.45) is 0 Å². The monoisotopic (exact) mass is 521 g/mol. The molecule has 0 aromatic heterocycles. The van der Waals surface area contributed by atoms with Crippen molar-refractivity contribution in [1.82, 2.24) is 14.5 Å². The molecule has 192 valence electrons. The van der Waals surface area contributed by atoms with Gasteiger partial charge in [0, 0.05) is 37.6 Å². The SMILES string of the molecule is CC[C@@H](C)NC(=O)[C@H](CC)N(Cc1ccccc1Cl)C(=O)CCCN(C)S(=O)(=O)c1ccccc1. The summed E-state index contributed by atoms with van der Waals surface area (Å²) in [5.41, 5.74) is 0.751. The van der Waals surface area contributed by atoms with Crippen molar-refractivity contribution in [1.29, 1.82) is 0 Å². The summed E-state index contributed by atoms with van der Waals surface area (Å²) >= 11 is 6.35. The molecule has 9 heteroatoms. The van der Waals surface area contributed by atoms with Gasteiger partial charge in [0.15, 0.2) is 0 Å². The van der Waals surface area contributed by atoms with Gasteiger partial charge in [-0.3, -0.25) is 9.59 Å². The summed E-state index contributed by atoms with van der Waals surface area (Å²) in [6.07, 6.45) is 1.65. The van der Waals surface area contributed by atoms with E-state index in [0.717, 1.165) is 12.0 Å².